The van der Waals surface area contributed by atoms with Gasteiger partial charge >= 0.3 is 0 Å². The largest absolute Gasteiger partial charge is 0.310 e. The Labute approximate surface area is 426 Å². The third-order valence-electron chi connectivity index (χ3n) is 15.3. The zero-order chi connectivity index (χ0) is 48.3. The highest BCUT2D eigenvalue weighted by Crippen LogP contribution is 2.57. The second-order valence-corrected chi connectivity index (χ2v) is 19.2. The third kappa shape index (κ3) is 7.02. The lowest BCUT2D eigenvalue weighted by Crippen LogP contribution is -2.28. The number of hydrogen-bond donors (Lipinski definition) is 0. The van der Waals surface area contributed by atoms with Gasteiger partial charge in [-0.25, -0.2) is 0 Å². The van der Waals surface area contributed by atoms with Gasteiger partial charge in [0.25, 0.3) is 0 Å². The molecular formula is C71H48N2. The quantitative estimate of drug-likeness (QED) is 0.140. The van der Waals surface area contributed by atoms with Crippen molar-refractivity contribution in [1.29, 1.82) is 0 Å². The molecule has 0 radical (unpaired) electrons. The van der Waals surface area contributed by atoms with Crippen molar-refractivity contribution in [3.05, 3.63) is 313 Å². The van der Waals surface area contributed by atoms with E-state index in [1.54, 1.807) is 0 Å². The van der Waals surface area contributed by atoms with Crippen LogP contribution in [0.5, 0.6) is 0 Å². The highest BCUT2D eigenvalue weighted by Gasteiger charge is 2.46. The van der Waals surface area contributed by atoms with E-state index < -0.39 is 5.41 Å². The van der Waals surface area contributed by atoms with Crippen LogP contribution in [0.3, 0.4) is 0 Å². The lowest BCUT2D eigenvalue weighted by molar-refractivity contribution is 0.768. The lowest BCUT2D eigenvalue weighted by Gasteiger charge is -2.35. The maximum Gasteiger partial charge on any atom is 0.0714 e. The van der Waals surface area contributed by atoms with Crippen LogP contribution in [-0.2, 0) is 5.41 Å². The van der Waals surface area contributed by atoms with Crippen LogP contribution in [0.1, 0.15) is 22.3 Å². The molecule has 0 N–H and O–H groups in total. The van der Waals surface area contributed by atoms with Gasteiger partial charge in [-0.3, -0.25) is 0 Å². The number of para-hydroxylation sites is 1. The second kappa shape index (κ2) is 17.4. The molecule has 14 rings (SSSR count). The maximum absolute atomic E-state index is 2.46. The normalized spacial score (nSPS) is 12.5. The summed E-state index contributed by atoms with van der Waals surface area (Å²) < 4.78 is 2.40. The van der Waals surface area contributed by atoms with Crippen LogP contribution in [0, 0.1) is 0 Å². The molecule has 12 aromatic carbocycles. The van der Waals surface area contributed by atoms with Crippen molar-refractivity contribution < 1.29 is 0 Å². The summed E-state index contributed by atoms with van der Waals surface area (Å²) in [5.74, 6) is 0. The summed E-state index contributed by atoms with van der Waals surface area (Å²) in [4.78, 5) is 2.44. The van der Waals surface area contributed by atoms with E-state index in [-0.39, 0.29) is 0 Å². The van der Waals surface area contributed by atoms with Crippen molar-refractivity contribution in [3.63, 3.8) is 0 Å². The molecule has 0 spiro atoms. The van der Waals surface area contributed by atoms with Crippen LogP contribution in [0.25, 0.3) is 82.8 Å². The molecule has 0 saturated carbocycles. The molecule has 1 aromatic heterocycles. The molecule has 0 bridgehead atoms. The highest BCUT2D eigenvalue weighted by molar-refractivity contribution is 6.10. The SMILES string of the molecule is c1ccc(-c2ccc(-n3c4ccccc4c4cc(-c5ccc(N(c6cccc(-c7ccc8ccccc8c7)c6)c6ccc7c(c6)C(c6ccccc6)(c6ccccc6)c6ccccc6-7)cc5)ccc43)cc2)cc1. The molecule has 0 atom stereocenters. The molecule has 0 saturated heterocycles. The van der Waals surface area contributed by atoms with Gasteiger partial charge in [0.1, 0.15) is 0 Å². The summed E-state index contributed by atoms with van der Waals surface area (Å²) >= 11 is 0. The first-order valence-corrected chi connectivity index (χ1v) is 25.2. The van der Waals surface area contributed by atoms with Crippen LogP contribution in [0.4, 0.5) is 17.1 Å². The standard InChI is InChI=1S/C71H48N2/c1-4-17-49(18-5-1)51-33-40-60(41-34-51)73-69-30-15-13-28-65(69)66-47-56(37-44-70(66)73)52-35-38-59(39-36-52)72(61-26-16-21-54(46-61)55-32-31-50-19-10-11-20-53(50)45-55)62-42-43-64-63-27-12-14-29-67(63)71(68(64)48-62,57-22-6-2-7-23-57)58-24-8-3-9-25-58/h1-48H. The smallest absolute Gasteiger partial charge is 0.0714 e. The van der Waals surface area contributed by atoms with Crippen LogP contribution in [0.2, 0.25) is 0 Å². The molecule has 13 aromatic rings. The molecule has 1 aliphatic rings. The van der Waals surface area contributed by atoms with Crippen molar-refractivity contribution in [2.45, 2.75) is 5.41 Å². The van der Waals surface area contributed by atoms with E-state index in [4.69, 9.17) is 0 Å². The summed E-state index contributed by atoms with van der Waals surface area (Å²) in [6, 6.07) is 107. The van der Waals surface area contributed by atoms with E-state index in [2.05, 4.69) is 301 Å². The van der Waals surface area contributed by atoms with Gasteiger partial charge in [0.2, 0.25) is 0 Å². The summed E-state index contributed by atoms with van der Waals surface area (Å²) in [5, 5.41) is 4.94. The summed E-state index contributed by atoms with van der Waals surface area (Å²) in [6.45, 7) is 0. The van der Waals surface area contributed by atoms with E-state index in [9.17, 15) is 0 Å². The van der Waals surface area contributed by atoms with Gasteiger partial charge < -0.3 is 9.47 Å². The first-order valence-electron chi connectivity index (χ1n) is 25.2. The highest BCUT2D eigenvalue weighted by atomic mass is 15.1. The van der Waals surface area contributed by atoms with E-state index in [1.807, 2.05) is 0 Å². The second-order valence-electron chi connectivity index (χ2n) is 19.2. The minimum Gasteiger partial charge on any atom is -0.310 e. The first-order chi connectivity index (χ1) is 36.2. The molecule has 73 heavy (non-hydrogen) atoms. The first kappa shape index (κ1) is 42.4. The zero-order valence-electron chi connectivity index (χ0n) is 40.1. The third-order valence-corrected chi connectivity index (χ3v) is 15.3. The van der Waals surface area contributed by atoms with Crippen molar-refractivity contribution in [2.24, 2.45) is 0 Å². The number of benzene rings is 12. The Morgan fingerprint density at radius 3 is 1.58 bits per heavy atom. The molecular weight excluding hydrogens is 881 g/mol. The number of nitrogens with zero attached hydrogens (tertiary/aromatic N) is 2. The van der Waals surface area contributed by atoms with E-state index >= 15 is 0 Å². The fraction of sp³-hybridized carbons (Fsp3) is 0.0141. The molecule has 0 unspecified atom stereocenters. The van der Waals surface area contributed by atoms with Crippen molar-refractivity contribution >= 4 is 49.6 Å². The minimum atomic E-state index is -0.527. The van der Waals surface area contributed by atoms with Gasteiger partial charge in [-0.2, -0.15) is 0 Å². The average molecular weight is 929 g/mol. The zero-order valence-corrected chi connectivity index (χ0v) is 40.1. The van der Waals surface area contributed by atoms with Crippen LogP contribution in [-0.4, -0.2) is 4.57 Å². The molecule has 1 heterocycles. The summed E-state index contributed by atoms with van der Waals surface area (Å²) in [7, 11) is 0. The number of anilines is 3. The van der Waals surface area contributed by atoms with E-state index in [0.717, 1.165) is 28.3 Å². The Bertz CT molecular complexity index is 4130. The molecule has 1 aliphatic carbocycles. The Morgan fingerprint density at radius 2 is 0.795 bits per heavy atom. The van der Waals surface area contributed by atoms with Crippen LogP contribution in [0.15, 0.2) is 291 Å². The van der Waals surface area contributed by atoms with Gasteiger partial charge in [0.15, 0.2) is 0 Å². The summed E-state index contributed by atoms with van der Waals surface area (Å²) in [6.07, 6.45) is 0. The number of rotatable bonds is 9. The van der Waals surface area contributed by atoms with Gasteiger partial charge in [0.05, 0.1) is 16.4 Å². The monoisotopic (exact) mass is 928 g/mol. The molecule has 0 amide bonds. The van der Waals surface area contributed by atoms with E-state index in [1.165, 1.54) is 93.8 Å². The van der Waals surface area contributed by atoms with Gasteiger partial charge in [0, 0.05) is 33.5 Å². The predicted octanol–water partition coefficient (Wildman–Crippen LogP) is 18.8. The Balaban J connectivity index is 0.907. The fourth-order valence-electron chi connectivity index (χ4n) is 11.9. The molecule has 0 fully saturated rings. The molecule has 2 nitrogen and oxygen atoms in total. The molecule has 0 aliphatic heterocycles. The van der Waals surface area contributed by atoms with Gasteiger partial charge in [-0.15, -0.1) is 0 Å². The summed E-state index contributed by atoms with van der Waals surface area (Å²) in [5.41, 5.74) is 21.0. The van der Waals surface area contributed by atoms with E-state index in [0.29, 0.717) is 0 Å². The predicted molar refractivity (Wildman–Crippen MR) is 307 cm³/mol. The van der Waals surface area contributed by atoms with Gasteiger partial charge in [-0.1, -0.05) is 218 Å². The van der Waals surface area contributed by atoms with Crippen LogP contribution >= 0.6 is 0 Å². The Kier molecular flexibility index (Phi) is 10.1. The minimum absolute atomic E-state index is 0.527. The lowest BCUT2D eigenvalue weighted by atomic mass is 9.67. The topological polar surface area (TPSA) is 8.17 Å². The van der Waals surface area contributed by atoms with Crippen molar-refractivity contribution in [1.82, 2.24) is 4.57 Å². The fourth-order valence-corrected chi connectivity index (χ4v) is 11.9. The number of aromatic nitrogens is 1. The average Bonchev–Trinajstić information content (AvgIpc) is 3.96. The number of hydrogen-bond acceptors (Lipinski definition) is 1. The number of fused-ring (bicyclic) bond motifs is 7. The molecule has 342 valence electrons. The Morgan fingerprint density at radius 1 is 0.274 bits per heavy atom. The van der Waals surface area contributed by atoms with Crippen molar-refractivity contribution in [2.75, 3.05) is 4.90 Å². The molecule has 2 heteroatoms. The van der Waals surface area contributed by atoms with Crippen molar-refractivity contribution in [3.8, 4) is 50.2 Å². The Hall–Kier alpha value is -9.50. The van der Waals surface area contributed by atoms with Crippen LogP contribution < -0.4 is 4.90 Å². The maximum atomic E-state index is 2.46. The van der Waals surface area contributed by atoms with Gasteiger partial charge in [-0.05, 0) is 150 Å².